The first-order chi connectivity index (χ1) is 13.3. The maximum atomic E-state index is 11.8. The number of hydrogen-bond acceptors (Lipinski definition) is 5. The number of fused-ring (bicyclic) bond motifs is 1. The number of aliphatic hydroxyl groups is 1. The fourth-order valence-corrected chi connectivity index (χ4v) is 3.99. The molecule has 9 heteroatoms. The molecule has 2 heterocycles. The van der Waals surface area contributed by atoms with Gasteiger partial charge in [0.05, 0.1) is 29.2 Å². The number of nitrogens with zero attached hydrogens (tertiary/aromatic N) is 2. The minimum atomic E-state index is -1.22. The van der Waals surface area contributed by atoms with E-state index in [1.165, 1.54) is 13.3 Å². The van der Waals surface area contributed by atoms with Crippen LogP contribution in [0.25, 0.3) is 10.9 Å². The SMILES string of the molecule is COc1ccc2ncc(Cl)c(C(O)CCC3(C(=O)O)CCN(C(=O)O)C3)c2c1. The lowest BCUT2D eigenvalue weighted by atomic mass is 9.81. The van der Waals surface area contributed by atoms with E-state index < -0.39 is 23.6 Å². The van der Waals surface area contributed by atoms with Crippen molar-refractivity contribution in [1.82, 2.24) is 9.88 Å². The summed E-state index contributed by atoms with van der Waals surface area (Å²) in [6.07, 6.45) is -0.268. The molecule has 3 rings (SSSR count). The summed E-state index contributed by atoms with van der Waals surface area (Å²) in [6.45, 7) is 0.0664. The third-order valence-corrected chi connectivity index (χ3v) is 5.68. The first-order valence-electron chi connectivity index (χ1n) is 8.79. The fourth-order valence-electron chi connectivity index (χ4n) is 3.71. The number of halogens is 1. The van der Waals surface area contributed by atoms with E-state index in [0.29, 0.717) is 22.2 Å². The number of aliphatic hydroxyl groups excluding tert-OH is 1. The lowest BCUT2D eigenvalue weighted by Gasteiger charge is -2.25. The third kappa shape index (κ3) is 3.70. The molecule has 150 valence electrons. The number of carbonyl (C=O) groups is 2. The average molecular weight is 409 g/mol. The number of ether oxygens (including phenoxy) is 1. The van der Waals surface area contributed by atoms with Gasteiger partial charge in [-0.3, -0.25) is 9.78 Å². The molecular weight excluding hydrogens is 388 g/mol. The number of carboxylic acid groups (broad SMARTS) is 2. The Balaban J connectivity index is 1.86. The number of carboxylic acids is 1. The number of pyridine rings is 1. The zero-order valence-electron chi connectivity index (χ0n) is 15.3. The Morgan fingerprint density at radius 2 is 2.14 bits per heavy atom. The van der Waals surface area contributed by atoms with Crippen LogP contribution in [0.1, 0.15) is 30.9 Å². The summed E-state index contributed by atoms with van der Waals surface area (Å²) in [7, 11) is 1.53. The Morgan fingerprint density at radius 3 is 2.75 bits per heavy atom. The molecule has 1 aliphatic rings. The topological polar surface area (TPSA) is 120 Å². The Kier molecular flexibility index (Phi) is 5.62. The van der Waals surface area contributed by atoms with Gasteiger partial charge in [-0.05, 0) is 37.5 Å². The number of aromatic nitrogens is 1. The van der Waals surface area contributed by atoms with Gasteiger partial charge in [0.1, 0.15) is 5.75 Å². The highest BCUT2D eigenvalue weighted by molar-refractivity contribution is 6.32. The Hall–Kier alpha value is -2.58. The van der Waals surface area contributed by atoms with Crippen molar-refractivity contribution in [3.05, 3.63) is 35.0 Å². The van der Waals surface area contributed by atoms with E-state index in [2.05, 4.69) is 4.98 Å². The van der Waals surface area contributed by atoms with Crippen molar-refractivity contribution < 1.29 is 29.6 Å². The summed E-state index contributed by atoms with van der Waals surface area (Å²) in [5, 5.41) is 30.5. The number of rotatable bonds is 6. The minimum absolute atomic E-state index is 0.0942. The van der Waals surface area contributed by atoms with Gasteiger partial charge in [0.2, 0.25) is 0 Å². The normalized spacial score (nSPS) is 20.3. The van der Waals surface area contributed by atoms with Crippen molar-refractivity contribution in [3.8, 4) is 5.75 Å². The van der Waals surface area contributed by atoms with Gasteiger partial charge in [-0.1, -0.05) is 11.6 Å². The lowest BCUT2D eigenvalue weighted by molar-refractivity contribution is -0.148. The summed E-state index contributed by atoms with van der Waals surface area (Å²) in [6, 6.07) is 5.22. The van der Waals surface area contributed by atoms with Gasteiger partial charge >= 0.3 is 12.1 Å². The van der Waals surface area contributed by atoms with Crippen LogP contribution in [0.4, 0.5) is 4.79 Å². The van der Waals surface area contributed by atoms with Crippen molar-refractivity contribution >= 4 is 34.6 Å². The van der Waals surface area contributed by atoms with E-state index in [1.54, 1.807) is 18.2 Å². The molecule has 8 nitrogen and oxygen atoms in total. The van der Waals surface area contributed by atoms with Crippen LogP contribution < -0.4 is 4.74 Å². The Labute approximate surface area is 166 Å². The molecule has 1 aromatic heterocycles. The van der Waals surface area contributed by atoms with Crippen LogP contribution >= 0.6 is 11.6 Å². The molecule has 1 aliphatic heterocycles. The van der Waals surface area contributed by atoms with Gasteiger partial charge in [-0.15, -0.1) is 0 Å². The molecule has 2 aromatic rings. The summed E-state index contributed by atoms with van der Waals surface area (Å²) >= 11 is 6.29. The molecule has 0 bridgehead atoms. The van der Waals surface area contributed by atoms with E-state index in [4.69, 9.17) is 21.4 Å². The zero-order valence-corrected chi connectivity index (χ0v) is 16.0. The molecule has 1 amide bonds. The maximum Gasteiger partial charge on any atom is 0.407 e. The van der Waals surface area contributed by atoms with Crippen LogP contribution in [0.15, 0.2) is 24.4 Å². The number of methoxy groups -OCH3 is 1. The van der Waals surface area contributed by atoms with Crippen LogP contribution in [-0.2, 0) is 4.79 Å². The number of amides is 1. The molecule has 2 unspecified atom stereocenters. The molecule has 28 heavy (non-hydrogen) atoms. The van der Waals surface area contributed by atoms with Crippen molar-refractivity contribution in [2.24, 2.45) is 5.41 Å². The summed E-state index contributed by atoms with van der Waals surface area (Å²) in [4.78, 5) is 28.4. The van der Waals surface area contributed by atoms with Gasteiger partial charge in [-0.2, -0.15) is 0 Å². The molecule has 1 aromatic carbocycles. The van der Waals surface area contributed by atoms with Crippen LogP contribution in [-0.4, -0.2) is 57.5 Å². The van der Waals surface area contributed by atoms with Crippen LogP contribution in [0.3, 0.4) is 0 Å². The zero-order chi connectivity index (χ0) is 20.5. The van der Waals surface area contributed by atoms with Crippen molar-refractivity contribution in [2.75, 3.05) is 20.2 Å². The standard InChI is InChI=1S/C19H21ClN2O6/c1-28-11-2-3-14-12(8-11)16(13(20)9-21-14)15(23)4-5-19(17(24)25)6-7-22(10-19)18(26)27/h2-3,8-9,15,23H,4-7,10H2,1H3,(H,24,25)(H,26,27). The molecule has 2 atom stereocenters. The molecular formula is C19H21ClN2O6. The Bertz CT molecular complexity index is 921. The predicted octanol–water partition coefficient (Wildman–Crippen LogP) is 3.17. The van der Waals surface area contributed by atoms with Gasteiger partial charge in [0.25, 0.3) is 0 Å². The molecule has 1 saturated heterocycles. The second-order valence-corrected chi connectivity index (χ2v) is 7.40. The largest absolute Gasteiger partial charge is 0.497 e. The van der Waals surface area contributed by atoms with E-state index in [-0.39, 0.29) is 37.4 Å². The van der Waals surface area contributed by atoms with Gasteiger partial charge in [0, 0.05) is 30.2 Å². The van der Waals surface area contributed by atoms with Crippen LogP contribution in [0.5, 0.6) is 5.75 Å². The first-order valence-corrected chi connectivity index (χ1v) is 9.17. The molecule has 0 spiro atoms. The fraction of sp³-hybridized carbons (Fsp3) is 0.421. The van der Waals surface area contributed by atoms with E-state index >= 15 is 0 Å². The molecule has 0 radical (unpaired) electrons. The molecule has 0 aliphatic carbocycles. The lowest BCUT2D eigenvalue weighted by Crippen LogP contribution is -2.36. The monoisotopic (exact) mass is 408 g/mol. The van der Waals surface area contributed by atoms with Crippen LogP contribution in [0.2, 0.25) is 5.02 Å². The highest BCUT2D eigenvalue weighted by atomic mass is 35.5. The predicted molar refractivity (Wildman–Crippen MR) is 102 cm³/mol. The van der Waals surface area contributed by atoms with Crippen molar-refractivity contribution in [3.63, 3.8) is 0 Å². The summed E-state index contributed by atoms with van der Waals surface area (Å²) < 4.78 is 5.23. The quantitative estimate of drug-likeness (QED) is 0.671. The third-order valence-electron chi connectivity index (χ3n) is 5.38. The maximum absolute atomic E-state index is 11.8. The minimum Gasteiger partial charge on any atom is -0.497 e. The smallest absolute Gasteiger partial charge is 0.407 e. The van der Waals surface area contributed by atoms with Gasteiger partial charge in [0.15, 0.2) is 0 Å². The van der Waals surface area contributed by atoms with Crippen molar-refractivity contribution in [1.29, 1.82) is 0 Å². The van der Waals surface area contributed by atoms with Gasteiger partial charge < -0.3 is 25.0 Å². The highest BCUT2D eigenvalue weighted by Crippen LogP contribution is 2.40. The average Bonchev–Trinajstić information content (AvgIpc) is 3.12. The second kappa shape index (κ2) is 7.81. The first kappa shape index (κ1) is 20.2. The van der Waals surface area contributed by atoms with E-state index in [1.807, 2.05) is 0 Å². The van der Waals surface area contributed by atoms with Crippen LogP contribution in [0, 0.1) is 5.41 Å². The van der Waals surface area contributed by atoms with Crippen molar-refractivity contribution in [2.45, 2.75) is 25.4 Å². The molecule has 3 N–H and O–H groups in total. The highest BCUT2D eigenvalue weighted by Gasteiger charge is 2.46. The van der Waals surface area contributed by atoms with E-state index in [0.717, 1.165) is 4.90 Å². The number of benzene rings is 1. The van der Waals surface area contributed by atoms with E-state index in [9.17, 15) is 19.8 Å². The molecule has 1 fully saturated rings. The summed E-state index contributed by atoms with van der Waals surface area (Å²) in [5.41, 5.74) is -0.129. The Morgan fingerprint density at radius 1 is 1.39 bits per heavy atom. The summed E-state index contributed by atoms with van der Waals surface area (Å²) in [5.74, 6) is -0.476. The van der Waals surface area contributed by atoms with Gasteiger partial charge in [-0.25, -0.2) is 4.79 Å². The second-order valence-electron chi connectivity index (χ2n) is 7.00. The molecule has 0 saturated carbocycles. The number of aliphatic carboxylic acids is 1. The number of likely N-dealkylation sites (tertiary alicyclic amines) is 1. The number of hydrogen-bond donors (Lipinski definition) is 3.